The maximum Gasteiger partial charge on any atom is 0.326 e. The SMILES string of the molecule is CCCC(NC(=O)C(CC(C)C)NC(=O)C(Cc1ccccc1)NC(=O)C(CCCCN)NC(=O)CC[C@@H](C)[C@H]1CC[C@H]2[C@@H]3CC[C@@H]4C[C@H](O)CC[C@]4(C)[C@H]3C[C@H](O)[C@]12C)C(=O)NC(CCCCN)C(=O)O. The summed E-state index contributed by atoms with van der Waals surface area (Å²) in [5.74, 6) is -1.55. The zero-order valence-corrected chi connectivity index (χ0v) is 44.5. The van der Waals surface area contributed by atoms with E-state index in [0.717, 1.165) is 56.9 Å². The van der Waals surface area contributed by atoms with Crippen LogP contribution in [-0.4, -0.2) is 106 Å². The lowest BCUT2D eigenvalue weighted by atomic mass is 9.43. The number of hydrogen-bond donors (Lipinski definition) is 10. The third kappa shape index (κ3) is 15.0. The topological polar surface area (TPSA) is 275 Å². The molecular formula is C56H93N7O9. The largest absolute Gasteiger partial charge is 0.480 e. The first-order chi connectivity index (χ1) is 34.3. The van der Waals surface area contributed by atoms with Gasteiger partial charge in [-0.25, -0.2) is 4.79 Å². The Morgan fingerprint density at radius 1 is 0.667 bits per heavy atom. The number of rotatable bonds is 28. The summed E-state index contributed by atoms with van der Waals surface area (Å²) in [7, 11) is 0. The van der Waals surface area contributed by atoms with Gasteiger partial charge in [-0.05, 0) is 180 Å². The first-order valence-corrected chi connectivity index (χ1v) is 27.8. The molecular weight excluding hydrogens is 915 g/mol. The van der Waals surface area contributed by atoms with Crippen LogP contribution in [0.4, 0.5) is 0 Å². The molecule has 5 amide bonds. The van der Waals surface area contributed by atoms with Gasteiger partial charge in [-0.1, -0.05) is 78.3 Å². The molecule has 0 spiro atoms. The second-order valence-corrected chi connectivity index (χ2v) is 23.3. The van der Waals surface area contributed by atoms with Crippen molar-refractivity contribution in [2.24, 2.45) is 63.7 Å². The van der Waals surface area contributed by atoms with Crippen molar-refractivity contribution in [1.29, 1.82) is 0 Å². The van der Waals surface area contributed by atoms with Crippen molar-refractivity contribution in [3.8, 4) is 0 Å². The Kier molecular flexibility index (Phi) is 22.4. The molecule has 406 valence electrons. The van der Waals surface area contributed by atoms with Gasteiger partial charge in [-0.3, -0.25) is 24.0 Å². The Morgan fingerprint density at radius 2 is 1.25 bits per heavy atom. The lowest BCUT2D eigenvalue weighted by Gasteiger charge is -2.62. The van der Waals surface area contributed by atoms with Gasteiger partial charge < -0.3 is 53.4 Å². The lowest BCUT2D eigenvalue weighted by Crippen LogP contribution is -2.59. The van der Waals surface area contributed by atoms with Gasteiger partial charge in [0.2, 0.25) is 29.5 Å². The van der Waals surface area contributed by atoms with Gasteiger partial charge in [-0.15, -0.1) is 0 Å². The minimum absolute atomic E-state index is 0.0649. The summed E-state index contributed by atoms with van der Waals surface area (Å²) < 4.78 is 0. The van der Waals surface area contributed by atoms with Crippen LogP contribution in [0.3, 0.4) is 0 Å². The number of carboxylic acid groups (broad SMARTS) is 1. The van der Waals surface area contributed by atoms with E-state index in [-0.39, 0.29) is 72.7 Å². The molecule has 0 heterocycles. The highest BCUT2D eigenvalue weighted by Gasteiger charge is 2.63. The zero-order chi connectivity index (χ0) is 52.8. The third-order valence-electron chi connectivity index (χ3n) is 18.0. The fraction of sp³-hybridized carbons (Fsp3) is 0.786. The second kappa shape index (κ2) is 27.4. The molecule has 0 saturated heterocycles. The molecule has 15 atom stereocenters. The van der Waals surface area contributed by atoms with Crippen LogP contribution in [-0.2, 0) is 35.2 Å². The molecule has 5 rings (SSSR count). The highest BCUT2D eigenvalue weighted by atomic mass is 16.4. The van der Waals surface area contributed by atoms with Crippen LogP contribution < -0.4 is 38.1 Å². The van der Waals surface area contributed by atoms with Gasteiger partial charge in [-0.2, -0.15) is 0 Å². The molecule has 72 heavy (non-hydrogen) atoms. The molecule has 16 heteroatoms. The molecule has 1 aromatic carbocycles. The summed E-state index contributed by atoms with van der Waals surface area (Å²) in [6, 6.07) is 3.77. The van der Waals surface area contributed by atoms with E-state index in [9.17, 15) is 44.1 Å². The van der Waals surface area contributed by atoms with Gasteiger partial charge in [0, 0.05) is 12.8 Å². The molecule has 1 aromatic rings. The van der Waals surface area contributed by atoms with Crippen LogP contribution >= 0.6 is 0 Å². The highest BCUT2D eigenvalue weighted by Crippen LogP contribution is 2.68. The number of nitrogens with two attached hydrogens (primary N) is 2. The van der Waals surface area contributed by atoms with Crippen molar-refractivity contribution >= 4 is 35.5 Å². The molecule has 16 nitrogen and oxygen atoms in total. The standard InChI is InChI=1S/C56H93N7O9/c1-7-15-43(50(67)61-45(54(71)72)19-12-14-29-58)60-52(69)46(30-34(2)3)62-53(70)47(31-36-16-9-8-10-17-36)63-51(68)44(18-11-13-28-57)59-49(66)25-20-35(4)40-23-24-41-39-22-21-37-32-38(64)26-27-55(37,5)42(39)33-48(65)56(40,41)6/h8-10,16-17,34-35,37-48,64-65H,7,11-15,18-33,57-58H2,1-6H3,(H,59,66)(H,60,69)(H,61,67)(H,62,70)(H,63,68)(H,71,72)/t35-,37-,38-,39+,40-,41+,42+,43?,44?,45?,46?,47?,48+,55+,56-/m1/s1. The van der Waals surface area contributed by atoms with Crippen LogP contribution in [0.15, 0.2) is 30.3 Å². The molecule has 0 bridgehead atoms. The maximum absolute atomic E-state index is 14.4. The number of hydrogen-bond acceptors (Lipinski definition) is 10. The number of amides is 5. The quantitative estimate of drug-likeness (QED) is 0.0485. The maximum atomic E-state index is 14.4. The Hall–Kier alpha value is -4.12. The normalized spacial score (nSPS) is 29.2. The number of unbranched alkanes of at least 4 members (excludes halogenated alkanes) is 2. The molecule has 0 aromatic heterocycles. The van der Waals surface area contributed by atoms with E-state index in [1.807, 2.05) is 51.1 Å². The van der Waals surface area contributed by atoms with Crippen molar-refractivity contribution in [3.63, 3.8) is 0 Å². The number of aliphatic hydroxyl groups excluding tert-OH is 2. The Balaban J connectivity index is 1.25. The van der Waals surface area contributed by atoms with E-state index in [4.69, 9.17) is 11.5 Å². The van der Waals surface area contributed by atoms with Gasteiger partial charge in [0.15, 0.2) is 0 Å². The first-order valence-electron chi connectivity index (χ1n) is 27.8. The summed E-state index contributed by atoms with van der Waals surface area (Å²) in [5.41, 5.74) is 12.1. The molecule has 5 unspecified atom stereocenters. The first kappa shape index (κ1) is 58.8. The van der Waals surface area contributed by atoms with Crippen molar-refractivity contribution in [1.82, 2.24) is 26.6 Å². The Bertz CT molecular complexity index is 1940. The Labute approximate surface area is 429 Å². The van der Waals surface area contributed by atoms with Crippen LogP contribution in [0.5, 0.6) is 0 Å². The van der Waals surface area contributed by atoms with Crippen molar-refractivity contribution in [2.45, 2.75) is 212 Å². The summed E-state index contributed by atoms with van der Waals surface area (Å²) in [6.45, 7) is 13.4. The average molecular weight is 1010 g/mol. The van der Waals surface area contributed by atoms with E-state index < -0.39 is 65.9 Å². The smallest absolute Gasteiger partial charge is 0.326 e. The molecule has 0 radical (unpaired) electrons. The average Bonchev–Trinajstić information content (AvgIpc) is 3.71. The number of fused-ring (bicyclic) bond motifs is 5. The van der Waals surface area contributed by atoms with Gasteiger partial charge in [0.25, 0.3) is 0 Å². The summed E-state index contributed by atoms with van der Waals surface area (Å²) in [5, 5.41) is 46.6. The number of carboxylic acids is 1. The predicted molar refractivity (Wildman–Crippen MR) is 279 cm³/mol. The number of benzene rings is 1. The second-order valence-electron chi connectivity index (χ2n) is 23.3. The molecule has 4 aliphatic carbocycles. The van der Waals surface area contributed by atoms with Crippen molar-refractivity contribution < 1.29 is 44.1 Å². The minimum atomic E-state index is -1.19. The summed E-state index contributed by atoms with van der Waals surface area (Å²) >= 11 is 0. The van der Waals surface area contributed by atoms with Crippen LogP contribution in [0.2, 0.25) is 0 Å². The number of aliphatic hydroxyl groups is 2. The van der Waals surface area contributed by atoms with Crippen LogP contribution in [0.1, 0.15) is 169 Å². The fourth-order valence-corrected chi connectivity index (χ4v) is 13.9. The molecule has 4 saturated carbocycles. The van der Waals surface area contributed by atoms with E-state index in [2.05, 4.69) is 47.4 Å². The summed E-state index contributed by atoms with van der Waals surface area (Å²) in [6.07, 6.45) is 11.9. The van der Waals surface area contributed by atoms with Crippen molar-refractivity contribution in [2.75, 3.05) is 13.1 Å². The Morgan fingerprint density at radius 3 is 1.88 bits per heavy atom. The van der Waals surface area contributed by atoms with E-state index in [1.54, 1.807) is 0 Å². The van der Waals surface area contributed by atoms with Gasteiger partial charge in [0.05, 0.1) is 12.2 Å². The summed E-state index contributed by atoms with van der Waals surface area (Å²) in [4.78, 5) is 82.2. The zero-order valence-electron chi connectivity index (χ0n) is 44.5. The minimum Gasteiger partial charge on any atom is -0.480 e. The highest BCUT2D eigenvalue weighted by molar-refractivity contribution is 5.96. The van der Waals surface area contributed by atoms with E-state index >= 15 is 0 Å². The van der Waals surface area contributed by atoms with Gasteiger partial charge >= 0.3 is 5.97 Å². The molecule has 0 aliphatic heterocycles. The van der Waals surface area contributed by atoms with Crippen molar-refractivity contribution in [3.05, 3.63) is 35.9 Å². The molecule has 4 fully saturated rings. The van der Waals surface area contributed by atoms with Crippen LogP contribution in [0.25, 0.3) is 0 Å². The van der Waals surface area contributed by atoms with Crippen LogP contribution in [0, 0.1) is 52.3 Å². The van der Waals surface area contributed by atoms with Gasteiger partial charge in [0.1, 0.15) is 30.2 Å². The predicted octanol–water partition coefficient (Wildman–Crippen LogP) is 5.25. The number of carbonyl (C=O) groups excluding carboxylic acids is 5. The third-order valence-corrected chi connectivity index (χ3v) is 18.0. The molecule has 12 N–H and O–H groups in total. The number of nitrogens with one attached hydrogen (secondary N) is 5. The molecule has 4 aliphatic rings. The monoisotopic (exact) mass is 1010 g/mol. The number of aliphatic carboxylic acids is 1. The fourth-order valence-electron chi connectivity index (χ4n) is 13.9. The van der Waals surface area contributed by atoms with E-state index in [1.165, 1.54) is 0 Å². The number of carbonyl (C=O) groups is 6. The van der Waals surface area contributed by atoms with E-state index in [0.29, 0.717) is 81.7 Å². The lowest BCUT2D eigenvalue weighted by molar-refractivity contribution is -0.175.